The second kappa shape index (κ2) is 10.4. The molecule has 2 nitrogen and oxygen atoms in total. The summed E-state index contributed by atoms with van der Waals surface area (Å²) in [5.41, 5.74) is 1.45. The molecule has 0 saturated heterocycles. The molecule has 0 N–H and O–H groups in total. The molecular weight excluding hydrogens is 336 g/mol. The van der Waals surface area contributed by atoms with Gasteiger partial charge in [-0.05, 0) is 28.5 Å². The predicted molar refractivity (Wildman–Crippen MR) is 115 cm³/mol. The third kappa shape index (κ3) is 5.38. The topological polar surface area (TPSA) is 17.8 Å². The molecule has 0 radical (unpaired) electrons. The van der Waals surface area contributed by atoms with Gasteiger partial charge in [-0.1, -0.05) is 81.5 Å². The molecule has 1 aromatic heterocycles. The summed E-state index contributed by atoms with van der Waals surface area (Å²) < 4.78 is 2.21. The fourth-order valence-electron chi connectivity index (χ4n) is 3.47. The van der Waals surface area contributed by atoms with Crippen LogP contribution in [0.1, 0.15) is 56.3 Å². The van der Waals surface area contributed by atoms with E-state index in [9.17, 15) is 0 Å². The average molecular weight is 367 g/mol. The fourth-order valence-corrected chi connectivity index (χ4v) is 4.78. The highest BCUT2D eigenvalue weighted by atomic mass is 32.2. The largest absolute Gasteiger partial charge is 0.336 e. The molecule has 0 aliphatic rings. The molecule has 3 aromatic rings. The SMILES string of the molecule is CCCCCCCCSC(Cn1ccnc1)c1cccc2ccccc12. The molecule has 3 rings (SSSR count). The molecule has 0 amide bonds. The van der Waals surface area contributed by atoms with Gasteiger partial charge in [-0.2, -0.15) is 11.8 Å². The van der Waals surface area contributed by atoms with Crippen LogP contribution in [0.2, 0.25) is 0 Å². The van der Waals surface area contributed by atoms with Gasteiger partial charge in [0.05, 0.1) is 6.33 Å². The first kappa shape index (κ1) is 19.0. The molecule has 0 aliphatic carbocycles. The Hall–Kier alpha value is -1.74. The van der Waals surface area contributed by atoms with Crippen LogP contribution >= 0.6 is 11.8 Å². The van der Waals surface area contributed by atoms with Crippen molar-refractivity contribution in [1.82, 2.24) is 9.55 Å². The molecule has 138 valence electrons. The highest BCUT2D eigenvalue weighted by molar-refractivity contribution is 7.99. The number of fused-ring (bicyclic) bond motifs is 1. The minimum absolute atomic E-state index is 0.464. The number of aromatic nitrogens is 2. The van der Waals surface area contributed by atoms with Crippen molar-refractivity contribution in [1.29, 1.82) is 0 Å². The van der Waals surface area contributed by atoms with E-state index in [-0.39, 0.29) is 0 Å². The molecule has 1 heterocycles. The van der Waals surface area contributed by atoms with Crippen LogP contribution in [0, 0.1) is 0 Å². The van der Waals surface area contributed by atoms with E-state index in [0.717, 1.165) is 6.54 Å². The number of imidazole rings is 1. The number of hydrogen-bond acceptors (Lipinski definition) is 2. The maximum Gasteiger partial charge on any atom is 0.0946 e. The lowest BCUT2D eigenvalue weighted by Gasteiger charge is -2.20. The summed E-state index contributed by atoms with van der Waals surface area (Å²) in [6, 6.07) is 15.5. The van der Waals surface area contributed by atoms with E-state index in [2.05, 4.69) is 76.9 Å². The summed E-state index contributed by atoms with van der Waals surface area (Å²) in [5.74, 6) is 1.23. The lowest BCUT2D eigenvalue weighted by atomic mass is 10.0. The first-order chi connectivity index (χ1) is 12.9. The Morgan fingerprint density at radius 3 is 2.62 bits per heavy atom. The van der Waals surface area contributed by atoms with Crippen molar-refractivity contribution in [3.63, 3.8) is 0 Å². The van der Waals surface area contributed by atoms with Crippen molar-refractivity contribution in [2.24, 2.45) is 0 Å². The predicted octanol–water partition coefficient (Wildman–Crippen LogP) is 6.87. The third-order valence-electron chi connectivity index (χ3n) is 4.92. The van der Waals surface area contributed by atoms with E-state index in [0.29, 0.717) is 5.25 Å². The zero-order valence-corrected chi connectivity index (χ0v) is 16.6. The van der Waals surface area contributed by atoms with Gasteiger partial charge in [-0.25, -0.2) is 4.98 Å². The average Bonchev–Trinajstić information content (AvgIpc) is 3.19. The smallest absolute Gasteiger partial charge is 0.0946 e. The second-order valence-electron chi connectivity index (χ2n) is 6.96. The Labute approximate surface area is 162 Å². The molecule has 3 heteroatoms. The van der Waals surface area contributed by atoms with Gasteiger partial charge in [-0.15, -0.1) is 0 Å². The summed E-state index contributed by atoms with van der Waals surface area (Å²) in [7, 11) is 0. The molecule has 0 bridgehead atoms. The molecule has 0 saturated carbocycles. The Kier molecular flexibility index (Phi) is 7.63. The van der Waals surface area contributed by atoms with Crippen molar-refractivity contribution in [3.05, 3.63) is 66.7 Å². The molecular formula is C23H30N2S. The second-order valence-corrected chi connectivity index (χ2v) is 8.27. The normalized spacial score (nSPS) is 12.5. The van der Waals surface area contributed by atoms with Gasteiger partial charge in [0.2, 0.25) is 0 Å². The van der Waals surface area contributed by atoms with E-state index in [1.807, 2.05) is 12.5 Å². The highest BCUT2D eigenvalue weighted by Gasteiger charge is 2.15. The number of hydrogen-bond donors (Lipinski definition) is 0. The van der Waals surface area contributed by atoms with Crippen LogP contribution in [0.4, 0.5) is 0 Å². The van der Waals surface area contributed by atoms with Crippen LogP contribution in [0.5, 0.6) is 0 Å². The van der Waals surface area contributed by atoms with Crippen LogP contribution in [0.25, 0.3) is 10.8 Å². The monoisotopic (exact) mass is 366 g/mol. The Morgan fingerprint density at radius 1 is 0.962 bits per heavy atom. The lowest BCUT2D eigenvalue weighted by Crippen LogP contribution is -2.06. The summed E-state index contributed by atoms with van der Waals surface area (Å²) in [5, 5.41) is 3.18. The maximum absolute atomic E-state index is 4.22. The summed E-state index contributed by atoms with van der Waals surface area (Å²) >= 11 is 2.10. The lowest BCUT2D eigenvalue weighted by molar-refractivity contribution is 0.625. The van der Waals surface area contributed by atoms with Crippen molar-refractivity contribution in [3.8, 4) is 0 Å². The molecule has 1 unspecified atom stereocenters. The first-order valence-corrected chi connectivity index (χ1v) is 11.0. The summed E-state index contributed by atoms with van der Waals surface area (Å²) in [6.45, 7) is 3.26. The summed E-state index contributed by atoms with van der Waals surface area (Å²) in [4.78, 5) is 4.22. The zero-order chi connectivity index (χ0) is 18.0. The van der Waals surface area contributed by atoms with Crippen molar-refractivity contribution in [2.45, 2.75) is 57.2 Å². The van der Waals surface area contributed by atoms with Gasteiger partial charge in [0.15, 0.2) is 0 Å². The fraction of sp³-hybridized carbons (Fsp3) is 0.435. The number of rotatable bonds is 11. The van der Waals surface area contributed by atoms with E-state index < -0.39 is 0 Å². The number of benzene rings is 2. The molecule has 2 aromatic carbocycles. The quantitative estimate of drug-likeness (QED) is 0.345. The number of thioether (sulfide) groups is 1. The minimum Gasteiger partial charge on any atom is -0.336 e. The summed E-state index contributed by atoms with van der Waals surface area (Å²) in [6.07, 6.45) is 14.0. The van der Waals surface area contributed by atoms with Crippen LogP contribution in [-0.4, -0.2) is 15.3 Å². The number of nitrogens with zero attached hydrogens (tertiary/aromatic N) is 2. The third-order valence-corrected chi connectivity index (χ3v) is 6.25. The first-order valence-electron chi connectivity index (χ1n) is 9.93. The van der Waals surface area contributed by atoms with Crippen LogP contribution < -0.4 is 0 Å². The Bertz CT molecular complexity index is 761. The Morgan fingerprint density at radius 2 is 1.77 bits per heavy atom. The maximum atomic E-state index is 4.22. The van der Waals surface area contributed by atoms with E-state index in [4.69, 9.17) is 0 Å². The highest BCUT2D eigenvalue weighted by Crippen LogP contribution is 2.35. The van der Waals surface area contributed by atoms with Gasteiger partial charge < -0.3 is 4.57 Å². The van der Waals surface area contributed by atoms with Crippen LogP contribution in [0.3, 0.4) is 0 Å². The molecule has 1 atom stereocenters. The van der Waals surface area contributed by atoms with E-state index >= 15 is 0 Å². The van der Waals surface area contributed by atoms with Crippen LogP contribution in [-0.2, 0) is 6.54 Å². The van der Waals surface area contributed by atoms with Gasteiger partial charge in [-0.3, -0.25) is 0 Å². The van der Waals surface area contributed by atoms with Crippen molar-refractivity contribution in [2.75, 3.05) is 5.75 Å². The molecule has 0 aliphatic heterocycles. The van der Waals surface area contributed by atoms with Crippen molar-refractivity contribution >= 4 is 22.5 Å². The van der Waals surface area contributed by atoms with Crippen molar-refractivity contribution < 1.29 is 0 Å². The molecule has 0 spiro atoms. The van der Waals surface area contributed by atoms with Crippen LogP contribution in [0.15, 0.2) is 61.2 Å². The van der Waals surface area contributed by atoms with Gasteiger partial charge in [0.25, 0.3) is 0 Å². The van der Waals surface area contributed by atoms with E-state index in [1.165, 1.54) is 60.6 Å². The molecule has 26 heavy (non-hydrogen) atoms. The Balaban J connectivity index is 1.67. The minimum atomic E-state index is 0.464. The van der Waals surface area contributed by atoms with E-state index in [1.54, 1.807) is 0 Å². The van der Waals surface area contributed by atoms with Gasteiger partial charge in [0, 0.05) is 24.2 Å². The van der Waals surface area contributed by atoms with Gasteiger partial charge >= 0.3 is 0 Å². The molecule has 0 fully saturated rings. The number of unbranched alkanes of at least 4 members (excludes halogenated alkanes) is 5. The zero-order valence-electron chi connectivity index (χ0n) is 15.8. The van der Waals surface area contributed by atoms with Gasteiger partial charge in [0.1, 0.15) is 0 Å². The standard InChI is InChI=1S/C23H30N2S/c1-2-3-4-5-6-9-17-26-23(18-25-16-15-24-19-25)22-14-10-12-20-11-7-8-13-21(20)22/h7-8,10-16,19,23H,2-6,9,17-18H2,1H3.